The molecule has 0 aromatic rings. The van der Waals surface area contributed by atoms with Crippen LogP contribution in [0, 0.1) is 17.2 Å². The Hall–Kier alpha value is -0.590. The van der Waals surface area contributed by atoms with Crippen molar-refractivity contribution in [3.8, 4) is 6.07 Å². The van der Waals surface area contributed by atoms with Gasteiger partial charge in [0.2, 0.25) is 0 Å². The lowest BCUT2D eigenvalue weighted by Crippen LogP contribution is -2.48. The molecule has 4 atom stereocenters. The Labute approximate surface area is 79.3 Å². The summed E-state index contributed by atoms with van der Waals surface area (Å²) in [6.45, 7) is 5.42. The molecule has 2 saturated heterocycles. The Morgan fingerprint density at radius 3 is 2.77 bits per heavy atom. The van der Waals surface area contributed by atoms with Crippen molar-refractivity contribution in [3.05, 3.63) is 0 Å². The highest BCUT2D eigenvalue weighted by Crippen LogP contribution is 2.49. The van der Waals surface area contributed by atoms with Crippen molar-refractivity contribution in [2.75, 3.05) is 13.6 Å². The summed E-state index contributed by atoms with van der Waals surface area (Å²) >= 11 is 0. The van der Waals surface area contributed by atoms with E-state index in [1.807, 2.05) is 0 Å². The summed E-state index contributed by atoms with van der Waals surface area (Å²) in [5, 5.41) is 8.80. The predicted octanol–water partition coefficient (Wildman–Crippen LogP) is 1.01. The van der Waals surface area contributed by atoms with Gasteiger partial charge in [0, 0.05) is 18.5 Å². The summed E-state index contributed by atoms with van der Waals surface area (Å²) in [5.41, 5.74) is -0.0966. The molecule has 72 valence electrons. The standard InChI is InChI=1S/C10H16N2O/c1-7-6-12(3)8(2)4-10(7)9(5-11)13-10/h7-9H,4,6H2,1-3H3. The van der Waals surface area contributed by atoms with Crippen LogP contribution in [0.2, 0.25) is 0 Å². The summed E-state index contributed by atoms with van der Waals surface area (Å²) in [7, 11) is 2.14. The molecule has 4 unspecified atom stereocenters. The number of hydrogen-bond acceptors (Lipinski definition) is 3. The number of piperidine rings is 1. The fourth-order valence-corrected chi connectivity index (χ4v) is 2.44. The number of nitrogens with zero attached hydrogens (tertiary/aromatic N) is 2. The second-order valence-electron chi connectivity index (χ2n) is 4.48. The molecule has 0 saturated carbocycles. The first-order chi connectivity index (χ1) is 6.10. The smallest absolute Gasteiger partial charge is 0.174 e. The van der Waals surface area contributed by atoms with Crippen LogP contribution in [0.1, 0.15) is 20.3 Å². The van der Waals surface area contributed by atoms with Gasteiger partial charge in [0.15, 0.2) is 6.10 Å². The van der Waals surface area contributed by atoms with Crippen molar-refractivity contribution in [3.63, 3.8) is 0 Å². The van der Waals surface area contributed by atoms with E-state index in [1.165, 1.54) is 0 Å². The lowest BCUT2D eigenvalue weighted by molar-refractivity contribution is 0.0714. The molecule has 0 aromatic heterocycles. The average Bonchev–Trinajstić information content (AvgIpc) is 2.77. The van der Waals surface area contributed by atoms with Crippen LogP contribution in [-0.2, 0) is 4.74 Å². The van der Waals surface area contributed by atoms with Gasteiger partial charge in [-0.1, -0.05) is 6.92 Å². The summed E-state index contributed by atoms with van der Waals surface area (Å²) in [6, 6.07) is 2.76. The van der Waals surface area contributed by atoms with Crippen LogP contribution in [0.3, 0.4) is 0 Å². The van der Waals surface area contributed by atoms with E-state index in [2.05, 4.69) is 31.9 Å². The SMILES string of the molecule is CC1CC2(OC2C#N)C(C)CN1C. The van der Waals surface area contributed by atoms with Gasteiger partial charge in [-0.2, -0.15) is 5.26 Å². The molecule has 3 nitrogen and oxygen atoms in total. The van der Waals surface area contributed by atoms with Crippen LogP contribution in [-0.4, -0.2) is 36.2 Å². The molecule has 2 heterocycles. The minimum atomic E-state index is -0.140. The van der Waals surface area contributed by atoms with E-state index in [0.717, 1.165) is 13.0 Å². The van der Waals surface area contributed by atoms with E-state index in [-0.39, 0.29) is 11.7 Å². The van der Waals surface area contributed by atoms with Crippen LogP contribution >= 0.6 is 0 Å². The maximum absolute atomic E-state index is 8.80. The van der Waals surface area contributed by atoms with E-state index in [0.29, 0.717) is 12.0 Å². The zero-order valence-electron chi connectivity index (χ0n) is 8.45. The second kappa shape index (κ2) is 2.70. The van der Waals surface area contributed by atoms with Gasteiger partial charge in [-0.15, -0.1) is 0 Å². The van der Waals surface area contributed by atoms with E-state index in [1.54, 1.807) is 0 Å². The predicted molar refractivity (Wildman–Crippen MR) is 49.1 cm³/mol. The molecule has 0 radical (unpaired) electrons. The first-order valence-electron chi connectivity index (χ1n) is 4.88. The van der Waals surface area contributed by atoms with Crippen molar-refractivity contribution < 1.29 is 4.74 Å². The lowest BCUT2D eigenvalue weighted by Gasteiger charge is -2.38. The average molecular weight is 180 g/mol. The molecule has 2 rings (SSSR count). The van der Waals surface area contributed by atoms with Crippen LogP contribution < -0.4 is 0 Å². The molecule has 2 aliphatic heterocycles. The highest BCUT2D eigenvalue weighted by Gasteiger charge is 2.62. The summed E-state index contributed by atoms with van der Waals surface area (Å²) < 4.78 is 5.54. The number of epoxide rings is 1. The third kappa shape index (κ3) is 1.17. The van der Waals surface area contributed by atoms with Gasteiger partial charge in [-0.3, -0.25) is 0 Å². The Morgan fingerprint density at radius 1 is 1.54 bits per heavy atom. The third-order valence-electron chi connectivity index (χ3n) is 3.60. The summed E-state index contributed by atoms with van der Waals surface area (Å²) in [6.07, 6.45) is 0.863. The van der Waals surface area contributed by atoms with E-state index in [9.17, 15) is 0 Å². The molecular weight excluding hydrogens is 164 g/mol. The number of hydrogen-bond donors (Lipinski definition) is 0. The maximum Gasteiger partial charge on any atom is 0.174 e. The molecule has 2 fully saturated rings. The van der Waals surface area contributed by atoms with Crippen LogP contribution in [0.4, 0.5) is 0 Å². The number of ether oxygens (including phenoxy) is 1. The minimum absolute atomic E-state index is 0.0966. The van der Waals surface area contributed by atoms with Crippen LogP contribution in [0.15, 0.2) is 0 Å². The van der Waals surface area contributed by atoms with Gasteiger partial charge in [-0.25, -0.2) is 0 Å². The molecular formula is C10H16N2O. The van der Waals surface area contributed by atoms with Gasteiger partial charge in [0.05, 0.1) is 6.07 Å². The molecule has 13 heavy (non-hydrogen) atoms. The largest absolute Gasteiger partial charge is 0.349 e. The first kappa shape index (κ1) is 8.98. The van der Waals surface area contributed by atoms with Crippen molar-refractivity contribution >= 4 is 0 Å². The van der Waals surface area contributed by atoms with E-state index < -0.39 is 0 Å². The fraction of sp³-hybridized carbons (Fsp3) is 0.900. The number of nitriles is 1. The van der Waals surface area contributed by atoms with Crippen LogP contribution in [0.25, 0.3) is 0 Å². The topological polar surface area (TPSA) is 39.6 Å². The molecule has 3 heteroatoms. The van der Waals surface area contributed by atoms with Gasteiger partial charge in [0.1, 0.15) is 5.60 Å². The van der Waals surface area contributed by atoms with E-state index >= 15 is 0 Å². The van der Waals surface area contributed by atoms with Gasteiger partial charge < -0.3 is 9.64 Å². The lowest BCUT2D eigenvalue weighted by atomic mass is 9.81. The van der Waals surface area contributed by atoms with Gasteiger partial charge >= 0.3 is 0 Å². The zero-order valence-corrected chi connectivity index (χ0v) is 8.45. The minimum Gasteiger partial charge on any atom is -0.349 e. The Morgan fingerprint density at radius 2 is 2.23 bits per heavy atom. The van der Waals surface area contributed by atoms with Gasteiger partial charge in [-0.05, 0) is 20.4 Å². The van der Waals surface area contributed by atoms with E-state index in [4.69, 9.17) is 10.00 Å². The summed E-state index contributed by atoms with van der Waals surface area (Å²) in [5.74, 6) is 0.485. The monoisotopic (exact) mass is 180 g/mol. The van der Waals surface area contributed by atoms with Crippen molar-refractivity contribution in [1.29, 1.82) is 5.26 Å². The maximum atomic E-state index is 8.80. The highest BCUT2D eigenvalue weighted by atomic mass is 16.6. The van der Waals surface area contributed by atoms with Crippen LogP contribution in [0.5, 0.6) is 0 Å². The highest BCUT2D eigenvalue weighted by molar-refractivity contribution is 5.18. The normalized spacial score (nSPS) is 50.5. The molecule has 0 aromatic carbocycles. The molecule has 0 N–H and O–H groups in total. The zero-order chi connectivity index (χ0) is 9.64. The third-order valence-corrected chi connectivity index (χ3v) is 3.60. The molecule has 2 aliphatic rings. The van der Waals surface area contributed by atoms with Crippen molar-refractivity contribution in [2.24, 2.45) is 5.92 Å². The Balaban J connectivity index is 2.11. The molecule has 0 bridgehead atoms. The molecule has 0 amide bonds. The van der Waals surface area contributed by atoms with Crippen molar-refractivity contribution in [1.82, 2.24) is 4.90 Å². The number of rotatable bonds is 0. The molecule has 1 spiro atoms. The Bertz CT molecular complexity index is 260. The number of likely N-dealkylation sites (tertiary alicyclic amines) is 1. The second-order valence-corrected chi connectivity index (χ2v) is 4.48. The first-order valence-corrected chi connectivity index (χ1v) is 4.88. The summed E-state index contributed by atoms with van der Waals surface area (Å²) in [4.78, 5) is 2.34. The fourth-order valence-electron chi connectivity index (χ4n) is 2.44. The molecule has 0 aliphatic carbocycles. The Kier molecular flexibility index (Phi) is 1.86. The van der Waals surface area contributed by atoms with Gasteiger partial charge in [0.25, 0.3) is 0 Å². The van der Waals surface area contributed by atoms with Crippen molar-refractivity contribution in [2.45, 2.75) is 38.0 Å². The quantitative estimate of drug-likeness (QED) is 0.522.